The molecule has 0 saturated heterocycles. The van der Waals surface area contributed by atoms with Crippen molar-refractivity contribution in [1.82, 2.24) is 15.1 Å². The molecule has 0 saturated carbocycles. The van der Waals surface area contributed by atoms with Crippen LogP contribution in [0, 0.1) is 18.8 Å². The zero-order chi connectivity index (χ0) is 13.0. The molecule has 0 aliphatic rings. The first-order valence-electron chi connectivity index (χ1n) is 6.30. The van der Waals surface area contributed by atoms with Crippen molar-refractivity contribution in [3.05, 3.63) is 16.4 Å². The molecule has 98 valence electrons. The van der Waals surface area contributed by atoms with Crippen molar-refractivity contribution in [2.45, 2.75) is 34.1 Å². The van der Waals surface area contributed by atoms with Crippen molar-refractivity contribution in [3.8, 4) is 0 Å². The minimum atomic E-state index is 0.578. The van der Waals surface area contributed by atoms with Crippen LogP contribution in [-0.2, 0) is 13.5 Å². The molecule has 1 aromatic heterocycles. The van der Waals surface area contributed by atoms with Gasteiger partial charge in [0.15, 0.2) is 0 Å². The van der Waals surface area contributed by atoms with E-state index in [1.165, 1.54) is 5.56 Å². The summed E-state index contributed by atoms with van der Waals surface area (Å²) >= 11 is 6.22. The van der Waals surface area contributed by atoms with Gasteiger partial charge in [-0.05, 0) is 38.3 Å². The van der Waals surface area contributed by atoms with Crippen LogP contribution >= 0.6 is 11.6 Å². The van der Waals surface area contributed by atoms with E-state index < -0.39 is 0 Å². The van der Waals surface area contributed by atoms with E-state index in [2.05, 4.69) is 31.2 Å². The lowest BCUT2D eigenvalue weighted by Crippen LogP contribution is -2.26. The molecular formula is C13H24ClN3. The smallest absolute Gasteiger partial charge is 0.130 e. The predicted molar refractivity (Wildman–Crippen MR) is 73.5 cm³/mol. The van der Waals surface area contributed by atoms with Gasteiger partial charge in [-0.1, -0.05) is 32.4 Å². The second kappa shape index (κ2) is 6.41. The zero-order valence-corrected chi connectivity index (χ0v) is 12.3. The van der Waals surface area contributed by atoms with E-state index >= 15 is 0 Å². The standard InChI is InChI=1S/C13H24ClN3/c1-9(2)7-15-8-10(3)6-12-11(4)16-17(5)13(12)14/h9-10,15H,6-8H2,1-5H3. The van der Waals surface area contributed by atoms with Crippen LogP contribution in [0.15, 0.2) is 0 Å². The summed E-state index contributed by atoms with van der Waals surface area (Å²) in [5.41, 5.74) is 2.24. The maximum atomic E-state index is 6.22. The maximum Gasteiger partial charge on any atom is 0.130 e. The fourth-order valence-corrected chi connectivity index (χ4v) is 2.20. The molecule has 0 bridgehead atoms. The third-order valence-electron chi connectivity index (χ3n) is 2.87. The van der Waals surface area contributed by atoms with Crippen molar-refractivity contribution < 1.29 is 0 Å². The fraction of sp³-hybridized carbons (Fsp3) is 0.769. The Hall–Kier alpha value is -0.540. The average Bonchev–Trinajstić information content (AvgIpc) is 2.44. The number of aromatic nitrogens is 2. The monoisotopic (exact) mass is 257 g/mol. The molecule has 1 heterocycles. The van der Waals surface area contributed by atoms with Gasteiger partial charge < -0.3 is 5.32 Å². The Morgan fingerprint density at radius 1 is 1.29 bits per heavy atom. The summed E-state index contributed by atoms with van der Waals surface area (Å²) < 4.78 is 1.75. The molecule has 0 spiro atoms. The first-order valence-corrected chi connectivity index (χ1v) is 6.68. The lowest BCUT2D eigenvalue weighted by molar-refractivity contribution is 0.473. The highest BCUT2D eigenvalue weighted by atomic mass is 35.5. The molecule has 1 atom stereocenters. The Balaban J connectivity index is 2.47. The average molecular weight is 258 g/mol. The third-order valence-corrected chi connectivity index (χ3v) is 3.34. The second-order valence-electron chi connectivity index (χ2n) is 5.34. The molecule has 3 nitrogen and oxygen atoms in total. The molecule has 0 amide bonds. The Labute approximate surface area is 110 Å². The first-order chi connectivity index (χ1) is 7.91. The van der Waals surface area contributed by atoms with E-state index in [-0.39, 0.29) is 0 Å². The Kier molecular flexibility index (Phi) is 5.47. The minimum absolute atomic E-state index is 0.578. The van der Waals surface area contributed by atoms with Gasteiger partial charge in [-0.15, -0.1) is 0 Å². The largest absolute Gasteiger partial charge is 0.316 e. The Bertz CT molecular complexity index is 358. The van der Waals surface area contributed by atoms with Crippen molar-refractivity contribution in [3.63, 3.8) is 0 Å². The van der Waals surface area contributed by atoms with E-state index in [4.69, 9.17) is 11.6 Å². The van der Waals surface area contributed by atoms with Gasteiger partial charge in [0.2, 0.25) is 0 Å². The molecule has 1 rings (SSSR count). The van der Waals surface area contributed by atoms with Crippen LogP contribution in [0.1, 0.15) is 32.0 Å². The molecule has 4 heteroatoms. The topological polar surface area (TPSA) is 29.9 Å². The predicted octanol–water partition coefficient (Wildman–Crippen LogP) is 2.81. The van der Waals surface area contributed by atoms with Crippen LogP contribution in [0.25, 0.3) is 0 Å². The van der Waals surface area contributed by atoms with E-state index in [9.17, 15) is 0 Å². The molecule has 0 aliphatic carbocycles. The van der Waals surface area contributed by atoms with Crippen molar-refractivity contribution in [2.24, 2.45) is 18.9 Å². The molecule has 0 radical (unpaired) electrons. The van der Waals surface area contributed by atoms with Gasteiger partial charge >= 0.3 is 0 Å². The minimum Gasteiger partial charge on any atom is -0.316 e. The highest BCUT2D eigenvalue weighted by molar-refractivity contribution is 6.30. The van der Waals surface area contributed by atoms with E-state index in [0.29, 0.717) is 11.8 Å². The summed E-state index contributed by atoms with van der Waals surface area (Å²) in [5, 5.41) is 8.59. The van der Waals surface area contributed by atoms with Crippen molar-refractivity contribution in [1.29, 1.82) is 0 Å². The third kappa shape index (κ3) is 4.32. The molecule has 0 fully saturated rings. The summed E-state index contributed by atoms with van der Waals surface area (Å²) in [6, 6.07) is 0. The molecule has 0 aliphatic heterocycles. The van der Waals surface area contributed by atoms with E-state index in [1.54, 1.807) is 4.68 Å². The Morgan fingerprint density at radius 2 is 1.94 bits per heavy atom. The van der Waals surface area contributed by atoms with E-state index in [1.807, 2.05) is 14.0 Å². The first kappa shape index (κ1) is 14.5. The van der Waals surface area contributed by atoms with Crippen molar-refractivity contribution >= 4 is 11.6 Å². The number of halogens is 1. The highest BCUT2D eigenvalue weighted by Gasteiger charge is 2.14. The van der Waals surface area contributed by atoms with Crippen LogP contribution in [-0.4, -0.2) is 22.9 Å². The van der Waals surface area contributed by atoms with Gasteiger partial charge in [0, 0.05) is 12.6 Å². The van der Waals surface area contributed by atoms with Gasteiger partial charge in [0.25, 0.3) is 0 Å². The van der Waals surface area contributed by atoms with Crippen LogP contribution < -0.4 is 5.32 Å². The van der Waals surface area contributed by atoms with Gasteiger partial charge in [-0.25, -0.2) is 0 Å². The van der Waals surface area contributed by atoms with Gasteiger partial charge in [-0.3, -0.25) is 4.68 Å². The summed E-state index contributed by atoms with van der Waals surface area (Å²) in [7, 11) is 1.89. The summed E-state index contributed by atoms with van der Waals surface area (Å²) in [5.74, 6) is 1.28. The molecule has 1 unspecified atom stereocenters. The molecular weight excluding hydrogens is 234 g/mol. The normalized spacial score (nSPS) is 13.4. The highest BCUT2D eigenvalue weighted by Crippen LogP contribution is 2.21. The summed E-state index contributed by atoms with van der Waals surface area (Å²) in [6.45, 7) is 10.8. The van der Waals surface area contributed by atoms with Crippen LogP contribution in [0.3, 0.4) is 0 Å². The number of nitrogens with zero attached hydrogens (tertiary/aromatic N) is 2. The number of hydrogen-bond acceptors (Lipinski definition) is 2. The molecule has 1 N–H and O–H groups in total. The zero-order valence-electron chi connectivity index (χ0n) is 11.5. The summed E-state index contributed by atoms with van der Waals surface area (Å²) in [4.78, 5) is 0. The quantitative estimate of drug-likeness (QED) is 0.849. The van der Waals surface area contributed by atoms with Gasteiger partial charge in [0.1, 0.15) is 5.15 Å². The lowest BCUT2D eigenvalue weighted by Gasteiger charge is -2.13. The maximum absolute atomic E-state index is 6.22. The number of rotatable bonds is 6. The number of nitrogens with one attached hydrogen (secondary N) is 1. The van der Waals surface area contributed by atoms with Gasteiger partial charge in [-0.2, -0.15) is 5.10 Å². The molecule has 0 aromatic carbocycles. The van der Waals surface area contributed by atoms with Crippen LogP contribution in [0.2, 0.25) is 5.15 Å². The molecule has 17 heavy (non-hydrogen) atoms. The second-order valence-corrected chi connectivity index (χ2v) is 5.70. The Morgan fingerprint density at radius 3 is 2.41 bits per heavy atom. The van der Waals surface area contributed by atoms with Crippen LogP contribution in [0.4, 0.5) is 0 Å². The SMILES string of the molecule is Cc1nn(C)c(Cl)c1CC(C)CNCC(C)C. The van der Waals surface area contributed by atoms with E-state index in [0.717, 1.165) is 30.4 Å². The van der Waals surface area contributed by atoms with Crippen LogP contribution in [0.5, 0.6) is 0 Å². The lowest BCUT2D eigenvalue weighted by atomic mass is 10.0. The number of aryl methyl sites for hydroxylation is 2. The fourth-order valence-electron chi connectivity index (χ4n) is 1.94. The van der Waals surface area contributed by atoms with Crippen molar-refractivity contribution in [2.75, 3.05) is 13.1 Å². The number of hydrogen-bond donors (Lipinski definition) is 1. The summed E-state index contributed by atoms with van der Waals surface area (Å²) in [6.07, 6.45) is 0.990. The molecule has 1 aromatic rings. The van der Waals surface area contributed by atoms with Gasteiger partial charge in [0.05, 0.1) is 5.69 Å².